The van der Waals surface area contributed by atoms with E-state index < -0.39 is 34.1 Å². The molecule has 8 nitrogen and oxygen atoms in total. The van der Waals surface area contributed by atoms with Gasteiger partial charge in [0.25, 0.3) is 5.69 Å². The first kappa shape index (κ1) is 17.6. The summed E-state index contributed by atoms with van der Waals surface area (Å²) in [4.78, 5) is 46.4. The SMILES string of the molecule is CCOC(=O)C1(C(=O)OCC)[C@H](C=O)[C@@H]1c1ccc([N+](=O)[O-])cc1. The fourth-order valence-corrected chi connectivity index (χ4v) is 2.98. The molecular weight excluding hydrogens is 318 g/mol. The molecule has 128 valence electrons. The quantitative estimate of drug-likeness (QED) is 0.244. The molecule has 1 saturated carbocycles. The molecule has 8 heteroatoms. The third kappa shape index (κ3) is 2.64. The molecule has 1 aliphatic rings. The zero-order valence-corrected chi connectivity index (χ0v) is 13.3. The fourth-order valence-electron chi connectivity index (χ4n) is 2.98. The summed E-state index contributed by atoms with van der Waals surface area (Å²) >= 11 is 0. The summed E-state index contributed by atoms with van der Waals surface area (Å²) in [6.45, 7) is 3.29. The number of non-ortho nitro benzene ring substituents is 1. The summed E-state index contributed by atoms with van der Waals surface area (Å²) < 4.78 is 9.95. The minimum Gasteiger partial charge on any atom is -0.465 e. The van der Waals surface area contributed by atoms with Gasteiger partial charge in [-0.05, 0) is 19.4 Å². The van der Waals surface area contributed by atoms with E-state index in [1.54, 1.807) is 13.8 Å². The van der Waals surface area contributed by atoms with Gasteiger partial charge in [-0.25, -0.2) is 0 Å². The lowest BCUT2D eigenvalue weighted by atomic mass is 9.98. The van der Waals surface area contributed by atoms with E-state index in [-0.39, 0.29) is 18.9 Å². The van der Waals surface area contributed by atoms with Crippen LogP contribution in [0.5, 0.6) is 0 Å². The van der Waals surface area contributed by atoms with Crippen molar-refractivity contribution in [3.05, 3.63) is 39.9 Å². The van der Waals surface area contributed by atoms with Crippen LogP contribution in [0.2, 0.25) is 0 Å². The summed E-state index contributed by atoms with van der Waals surface area (Å²) in [5.41, 5.74) is -1.37. The van der Waals surface area contributed by atoms with Crippen LogP contribution in [-0.2, 0) is 23.9 Å². The molecule has 1 aromatic carbocycles. The molecule has 0 bridgehead atoms. The van der Waals surface area contributed by atoms with Crippen molar-refractivity contribution in [1.29, 1.82) is 0 Å². The highest BCUT2D eigenvalue weighted by atomic mass is 16.6. The van der Waals surface area contributed by atoms with Crippen molar-refractivity contribution >= 4 is 23.9 Å². The number of ether oxygens (including phenoxy) is 2. The van der Waals surface area contributed by atoms with Crippen molar-refractivity contribution in [3.8, 4) is 0 Å². The Morgan fingerprint density at radius 2 is 1.67 bits per heavy atom. The Hall–Kier alpha value is -2.77. The van der Waals surface area contributed by atoms with E-state index in [1.807, 2.05) is 0 Å². The van der Waals surface area contributed by atoms with Gasteiger partial charge in [-0.2, -0.15) is 0 Å². The number of carbonyl (C=O) groups is 3. The van der Waals surface area contributed by atoms with Gasteiger partial charge in [0.2, 0.25) is 0 Å². The predicted molar refractivity (Wildman–Crippen MR) is 81.1 cm³/mol. The van der Waals surface area contributed by atoms with Gasteiger partial charge in [-0.1, -0.05) is 12.1 Å². The minimum atomic E-state index is -1.72. The smallest absolute Gasteiger partial charge is 0.324 e. The third-order valence-corrected chi connectivity index (χ3v) is 4.10. The summed E-state index contributed by atoms with van der Waals surface area (Å²) in [6.07, 6.45) is 0.528. The van der Waals surface area contributed by atoms with E-state index >= 15 is 0 Å². The van der Waals surface area contributed by atoms with E-state index in [0.29, 0.717) is 11.8 Å². The maximum absolute atomic E-state index is 12.4. The number of nitro groups is 1. The first-order valence-corrected chi connectivity index (χ1v) is 7.49. The number of hydrogen-bond donors (Lipinski definition) is 0. The Morgan fingerprint density at radius 3 is 2.04 bits per heavy atom. The van der Waals surface area contributed by atoms with E-state index in [9.17, 15) is 24.5 Å². The van der Waals surface area contributed by atoms with Crippen LogP contribution in [0.4, 0.5) is 5.69 Å². The topological polar surface area (TPSA) is 113 Å². The average Bonchev–Trinajstić information content (AvgIpc) is 3.25. The summed E-state index contributed by atoms with van der Waals surface area (Å²) in [6, 6.07) is 5.38. The van der Waals surface area contributed by atoms with Crippen molar-refractivity contribution in [2.24, 2.45) is 11.3 Å². The van der Waals surface area contributed by atoms with Crippen molar-refractivity contribution in [2.75, 3.05) is 13.2 Å². The largest absolute Gasteiger partial charge is 0.465 e. The van der Waals surface area contributed by atoms with Gasteiger partial charge in [-0.3, -0.25) is 19.7 Å². The maximum atomic E-state index is 12.4. The molecule has 0 heterocycles. The zero-order chi connectivity index (χ0) is 17.9. The molecular formula is C16H17NO7. The number of hydrogen-bond acceptors (Lipinski definition) is 7. The summed E-state index contributed by atoms with van der Waals surface area (Å²) in [5, 5.41) is 10.7. The van der Waals surface area contributed by atoms with Crippen LogP contribution >= 0.6 is 0 Å². The number of rotatable bonds is 7. The zero-order valence-electron chi connectivity index (χ0n) is 13.3. The lowest BCUT2D eigenvalue weighted by Crippen LogP contribution is -2.33. The normalized spacial score (nSPS) is 20.8. The van der Waals surface area contributed by atoms with E-state index in [2.05, 4.69) is 0 Å². The van der Waals surface area contributed by atoms with Crippen LogP contribution in [0.25, 0.3) is 0 Å². The van der Waals surface area contributed by atoms with E-state index in [4.69, 9.17) is 9.47 Å². The number of benzene rings is 1. The van der Waals surface area contributed by atoms with Crippen LogP contribution < -0.4 is 0 Å². The molecule has 1 aliphatic carbocycles. The van der Waals surface area contributed by atoms with Crippen LogP contribution in [0.3, 0.4) is 0 Å². The molecule has 1 aromatic rings. The molecule has 0 amide bonds. The second-order valence-electron chi connectivity index (χ2n) is 5.30. The van der Waals surface area contributed by atoms with Crippen LogP contribution in [0, 0.1) is 21.4 Å². The van der Waals surface area contributed by atoms with Gasteiger partial charge in [-0.15, -0.1) is 0 Å². The first-order chi connectivity index (χ1) is 11.4. The second kappa shape index (κ2) is 6.77. The summed E-state index contributed by atoms with van der Waals surface area (Å²) in [7, 11) is 0. The first-order valence-electron chi connectivity index (χ1n) is 7.49. The average molecular weight is 335 g/mol. The van der Waals surface area contributed by atoms with Gasteiger partial charge < -0.3 is 14.3 Å². The third-order valence-electron chi connectivity index (χ3n) is 4.10. The lowest BCUT2D eigenvalue weighted by Gasteiger charge is -2.15. The summed E-state index contributed by atoms with van der Waals surface area (Å²) in [5.74, 6) is -3.31. The number of nitrogens with zero attached hydrogens (tertiary/aromatic N) is 1. The highest BCUT2D eigenvalue weighted by molar-refractivity contribution is 6.09. The Labute approximate surface area is 137 Å². The monoisotopic (exact) mass is 335 g/mol. The second-order valence-corrected chi connectivity index (χ2v) is 5.30. The number of nitro benzene ring substituents is 1. The van der Waals surface area contributed by atoms with E-state index in [0.717, 1.165) is 0 Å². The fraction of sp³-hybridized carbons (Fsp3) is 0.438. The van der Waals surface area contributed by atoms with Gasteiger partial charge in [0.05, 0.1) is 24.1 Å². The molecule has 0 spiro atoms. The lowest BCUT2D eigenvalue weighted by molar-refractivity contribution is -0.384. The van der Waals surface area contributed by atoms with Gasteiger partial charge >= 0.3 is 11.9 Å². The van der Waals surface area contributed by atoms with Crippen LogP contribution in [-0.4, -0.2) is 36.4 Å². The Balaban J connectivity index is 2.43. The van der Waals surface area contributed by atoms with Crippen LogP contribution in [0.1, 0.15) is 25.3 Å². The van der Waals surface area contributed by atoms with Crippen molar-refractivity contribution in [2.45, 2.75) is 19.8 Å². The molecule has 0 aromatic heterocycles. The number of esters is 2. The molecule has 2 rings (SSSR count). The number of carbonyl (C=O) groups excluding carboxylic acids is 3. The molecule has 2 atom stereocenters. The molecule has 0 aliphatic heterocycles. The minimum absolute atomic E-state index is 0.0541. The Morgan fingerprint density at radius 1 is 1.17 bits per heavy atom. The molecule has 24 heavy (non-hydrogen) atoms. The van der Waals surface area contributed by atoms with E-state index in [1.165, 1.54) is 24.3 Å². The Bertz CT molecular complexity index is 650. The van der Waals surface area contributed by atoms with Gasteiger partial charge in [0, 0.05) is 18.1 Å². The molecule has 0 N–H and O–H groups in total. The van der Waals surface area contributed by atoms with Gasteiger partial charge in [0.1, 0.15) is 6.29 Å². The van der Waals surface area contributed by atoms with Gasteiger partial charge in [0.15, 0.2) is 5.41 Å². The Kier molecular flexibility index (Phi) is 4.96. The predicted octanol–water partition coefficient (Wildman–Crippen LogP) is 1.62. The highest BCUT2D eigenvalue weighted by Gasteiger charge is 2.77. The maximum Gasteiger partial charge on any atom is 0.324 e. The van der Waals surface area contributed by atoms with Crippen molar-refractivity contribution in [3.63, 3.8) is 0 Å². The van der Waals surface area contributed by atoms with Crippen molar-refractivity contribution < 1.29 is 28.8 Å². The standard InChI is InChI=1S/C16H17NO7/c1-3-23-14(19)16(15(20)24-4-2)12(9-18)13(16)10-5-7-11(8-6-10)17(21)22/h5-9,12-13H,3-4H2,1-2H3/t12-,13+/m1/s1. The molecule has 0 radical (unpaired) electrons. The molecule has 1 fully saturated rings. The van der Waals surface area contributed by atoms with Crippen LogP contribution in [0.15, 0.2) is 24.3 Å². The van der Waals surface area contributed by atoms with Crippen molar-refractivity contribution in [1.82, 2.24) is 0 Å². The molecule has 0 unspecified atom stereocenters. The highest BCUT2D eigenvalue weighted by Crippen LogP contribution is 2.65. The molecule has 0 saturated heterocycles. The number of aldehydes is 1.